The number of amides is 1. The van der Waals surface area contributed by atoms with E-state index in [1.807, 2.05) is 33.0 Å². The van der Waals surface area contributed by atoms with E-state index in [-0.39, 0.29) is 29.4 Å². The third-order valence-electron chi connectivity index (χ3n) is 11.4. The van der Waals surface area contributed by atoms with Crippen LogP contribution < -0.4 is 14.4 Å². The van der Waals surface area contributed by atoms with Gasteiger partial charge in [0, 0.05) is 94.6 Å². The molecule has 6 heterocycles. The van der Waals surface area contributed by atoms with Gasteiger partial charge >= 0.3 is 0 Å². The number of ether oxygens (including phenoxy) is 3. The predicted molar refractivity (Wildman–Crippen MR) is 201 cm³/mol. The second-order valence-electron chi connectivity index (χ2n) is 15.1. The largest absolute Gasteiger partial charge is 0.490 e. The van der Waals surface area contributed by atoms with Crippen molar-refractivity contribution in [3.63, 3.8) is 0 Å². The van der Waals surface area contributed by atoms with E-state index in [4.69, 9.17) is 19.2 Å². The number of carbonyl (C=O) groups excluding carboxylic acids is 1. The summed E-state index contributed by atoms with van der Waals surface area (Å²) < 4.78 is 33.5. The average Bonchev–Trinajstić information content (AvgIpc) is 3.16. The summed E-state index contributed by atoms with van der Waals surface area (Å²) in [5.41, 5.74) is 2.54. The third kappa shape index (κ3) is 8.74. The SMILES string of the molecule is CCN(C(=O)c1cc(F)ccc1Oc1cncnc1N1CCC(Oc2ccnc3c2CN(CCCN2CC[C@H]4C(C2)OCCN4C)CC3)CC1)C(C)C. The van der Waals surface area contributed by atoms with Crippen LogP contribution in [0.1, 0.15) is 68.1 Å². The van der Waals surface area contributed by atoms with Gasteiger partial charge in [0.25, 0.3) is 5.91 Å². The summed E-state index contributed by atoms with van der Waals surface area (Å²) in [7, 11) is 2.23. The number of likely N-dealkylation sites (N-methyl/N-ethyl adjacent to an activating group) is 1. The first-order valence-electron chi connectivity index (χ1n) is 19.5. The summed E-state index contributed by atoms with van der Waals surface area (Å²) >= 11 is 0. The Labute approximate surface area is 313 Å². The van der Waals surface area contributed by atoms with Crippen LogP contribution in [0.15, 0.2) is 43.0 Å². The lowest BCUT2D eigenvalue weighted by Crippen LogP contribution is -2.58. The van der Waals surface area contributed by atoms with Crippen molar-refractivity contribution in [3.05, 3.63) is 65.6 Å². The molecule has 2 aromatic heterocycles. The molecule has 4 aliphatic rings. The van der Waals surface area contributed by atoms with Crippen LogP contribution in [0.25, 0.3) is 0 Å². The van der Waals surface area contributed by atoms with Gasteiger partial charge in [-0.15, -0.1) is 0 Å². The molecular formula is C40H55FN8O4. The molecule has 3 fully saturated rings. The van der Waals surface area contributed by atoms with E-state index < -0.39 is 5.82 Å². The van der Waals surface area contributed by atoms with Crippen LogP contribution in [0, 0.1) is 5.82 Å². The van der Waals surface area contributed by atoms with Crippen molar-refractivity contribution >= 4 is 11.7 Å². The molecule has 286 valence electrons. The van der Waals surface area contributed by atoms with E-state index in [0.717, 1.165) is 89.5 Å². The number of benzene rings is 1. The van der Waals surface area contributed by atoms with Crippen molar-refractivity contribution in [2.45, 2.75) is 83.7 Å². The lowest BCUT2D eigenvalue weighted by molar-refractivity contribution is -0.0963. The van der Waals surface area contributed by atoms with E-state index in [2.05, 4.69) is 36.6 Å². The summed E-state index contributed by atoms with van der Waals surface area (Å²) in [6.07, 6.45) is 10.3. The quantitative estimate of drug-likeness (QED) is 0.255. The van der Waals surface area contributed by atoms with Gasteiger partial charge in [-0.3, -0.25) is 19.6 Å². The van der Waals surface area contributed by atoms with Crippen LogP contribution in [-0.2, 0) is 17.7 Å². The fourth-order valence-corrected chi connectivity index (χ4v) is 8.40. The van der Waals surface area contributed by atoms with Gasteiger partial charge in [0.05, 0.1) is 24.5 Å². The molecule has 1 aromatic carbocycles. The molecule has 7 rings (SSSR count). The number of carbonyl (C=O) groups is 1. The van der Waals surface area contributed by atoms with Crippen LogP contribution >= 0.6 is 0 Å². The topological polar surface area (TPSA) is 99.6 Å². The zero-order chi connectivity index (χ0) is 36.9. The highest BCUT2D eigenvalue weighted by Gasteiger charge is 2.35. The molecule has 0 spiro atoms. The molecular weight excluding hydrogens is 675 g/mol. The monoisotopic (exact) mass is 730 g/mol. The second kappa shape index (κ2) is 17.0. The standard InChI is InChI=1S/C40H55FN8O4/c1-5-49(28(2)3)40(50)31-23-29(41)7-8-35(31)53-37-24-42-27-44-39(37)48-19-10-30(11-20-48)52-36-9-14-43-33-12-17-46(25-32(33)36)15-6-16-47-18-13-34-38(26-47)51-22-21-45(34)4/h7-9,14,23-24,27-28,30,34,38H,5-6,10-13,15-22,25-26H2,1-4H3/t34-,38?/m0/s1. The number of aromatic nitrogens is 3. The number of halogens is 1. The van der Waals surface area contributed by atoms with Gasteiger partial charge in [-0.25, -0.2) is 14.4 Å². The van der Waals surface area contributed by atoms with E-state index in [1.54, 1.807) is 11.1 Å². The van der Waals surface area contributed by atoms with Gasteiger partial charge in [-0.2, -0.15) is 0 Å². The van der Waals surface area contributed by atoms with Crippen molar-refractivity contribution < 1.29 is 23.4 Å². The number of piperidine rings is 2. The van der Waals surface area contributed by atoms with Crippen LogP contribution in [-0.4, -0.2) is 137 Å². The summed E-state index contributed by atoms with van der Waals surface area (Å²) in [5.74, 6) is 1.49. The van der Waals surface area contributed by atoms with Crippen LogP contribution in [0.2, 0.25) is 0 Å². The molecule has 4 aliphatic heterocycles. The van der Waals surface area contributed by atoms with Crippen molar-refractivity contribution in [1.29, 1.82) is 0 Å². The second-order valence-corrected chi connectivity index (χ2v) is 15.1. The highest BCUT2D eigenvalue weighted by Crippen LogP contribution is 2.35. The minimum absolute atomic E-state index is 0.0440. The number of anilines is 1. The zero-order valence-corrected chi connectivity index (χ0v) is 31.8. The highest BCUT2D eigenvalue weighted by atomic mass is 19.1. The third-order valence-corrected chi connectivity index (χ3v) is 11.4. The summed E-state index contributed by atoms with van der Waals surface area (Å²) in [6, 6.07) is 6.58. The molecule has 0 radical (unpaired) electrons. The Hall–Kier alpha value is -3.91. The fourth-order valence-electron chi connectivity index (χ4n) is 8.40. The molecule has 53 heavy (non-hydrogen) atoms. The highest BCUT2D eigenvalue weighted by molar-refractivity contribution is 5.97. The molecule has 1 amide bonds. The Morgan fingerprint density at radius 1 is 1.02 bits per heavy atom. The molecule has 13 heteroatoms. The molecule has 0 N–H and O–H groups in total. The Bertz CT molecular complexity index is 1700. The Morgan fingerprint density at radius 2 is 1.85 bits per heavy atom. The number of pyridine rings is 1. The molecule has 2 atom stereocenters. The van der Waals surface area contributed by atoms with Crippen molar-refractivity contribution in [2.24, 2.45) is 0 Å². The maximum atomic E-state index is 14.4. The van der Waals surface area contributed by atoms with Crippen LogP contribution in [0.5, 0.6) is 17.2 Å². The smallest absolute Gasteiger partial charge is 0.257 e. The van der Waals surface area contributed by atoms with Gasteiger partial charge in [0.15, 0.2) is 11.6 Å². The number of morpholine rings is 1. The van der Waals surface area contributed by atoms with E-state index in [0.29, 0.717) is 43.3 Å². The zero-order valence-electron chi connectivity index (χ0n) is 31.8. The minimum atomic E-state index is -0.496. The molecule has 12 nitrogen and oxygen atoms in total. The Balaban J connectivity index is 0.937. The van der Waals surface area contributed by atoms with E-state index in [9.17, 15) is 9.18 Å². The first kappa shape index (κ1) is 37.4. The predicted octanol–water partition coefficient (Wildman–Crippen LogP) is 4.87. The number of fused-ring (bicyclic) bond motifs is 2. The number of hydrogen-bond acceptors (Lipinski definition) is 11. The number of nitrogens with zero attached hydrogens (tertiary/aromatic N) is 8. The number of hydrogen-bond donors (Lipinski definition) is 0. The van der Waals surface area contributed by atoms with E-state index in [1.165, 1.54) is 36.5 Å². The first-order chi connectivity index (χ1) is 25.8. The van der Waals surface area contributed by atoms with Crippen molar-refractivity contribution in [2.75, 3.05) is 77.5 Å². The maximum Gasteiger partial charge on any atom is 0.257 e. The minimum Gasteiger partial charge on any atom is -0.490 e. The van der Waals surface area contributed by atoms with Crippen molar-refractivity contribution in [3.8, 4) is 17.2 Å². The van der Waals surface area contributed by atoms with E-state index >= 15 is 0 Å². The molecule has 0 saturated carbocycles. The molecule has 3 saturated heterocycles. The van der Waals surface area contributed by atoms with Crippen molar-refractivity contribution in [1.82, 2.24) is 34.6 Å². The molecule has 3 aromatic rings. The molecule has 0 aliphatic carbocycles. The van der Waals surface area contributed by atoms with Gasteiger partial charge in [0.2, 0.25) is 0 Å². The maximum absolute atomic E-state index is 14.4. The van der Waals surface area contributed by atoms with Crippen LogP contribution in [0.3, 0.4) is 0 Å². The average molecular weight is 731 g/mol. The van der Waals surface area contributed by atoms with Gasteiger partial charge in [0.1, 0.15) is 29.7 Å². The fraction of sp³-hybridized carbons (Fsp3) is 0.600. The lowest BCUT2D eigenvalue weighted by Gasteiger charge is -2.45. The van der Waals surface area contributed by atoms with Gasteiger partial charge in [-0.1, -0.05) is 0 Å². The Morgan fingerprint density at radius 3 is 2.66 bits per heavy atom. The molecule has 0 bridgehead atoms. The summed E-state index contributed by atoms with van der Waals surface area (Å²) in [5, 5.41) is 0. The first-order valence-corrected chi connectivity index (χ1v) is 19.5. The van der Waals surface area contributed by atoms with Gasteiger partial charge in [-0.05, 0) is 84.6 Å². The van der Waals surface area contributed by atoms with Gasteiger partial charge < -0.3 is 28.9 Å². The lowest BCUT2D eigenvalue weighted by atomic mass is 9.98. The molecule has 1 unspecified atom stereocenters. The normalized spacial score (nSPS) is 21.7. The number of rotatable bonds is 12. The number of likely N-dealkylation sites (tertiary alicyclic amines) is 1. The van der Waals surface area contributed by atoms with Crippen LogP contribution in [0.4, 0.5) is 10.2 Å². The Kier molecular flexibility index (Phi) is 12.0. The summed E-state index contributed by atoms with van der Waals surface area (Å²) in [4.78, 5) is 38.4. The summed E-state index contributed by atoms with van der Waals surface area (Å²) in [6.45, 7) is 15.8.